The van der Waals surface area contributed by atoms with E-state index in [4.69, 9.17) is 0 Å². The Morgan fingerprint density at radius 3 is 2.72 bits per heavy atom. The van der Waals surface area contributed by atoms with Crippen LogP contribution in [0.25, 0.3) is 0 Å². The fourth-order valence-corrected chi connectivity index (χ4v) is 3.04. The van der Waals surface area contributed by atoms with E-state index in [0.717, 1.165) is 19.5 Å². The molecular formula is C15H20N2O. The number of fused-ring (bicyclic) bond motifs is 1. The summed E-state index contributed by atoms with van der Waals surface area (Å²) in [5.74, 6) is 0.368. The van der Waals surface area contributed by atoms with Gasteiger partial charge in [-0.05, 0) is 23.0 Å². The van der Waals surface area contributed by atoms with Crippen molar-refractivity contribution in [2.75, 3.05) is 13.1 Å². The first-order valence-corrected chi connectivity index (χ1v) is 6.68. The second-order valence-corrected chi connectivity index (χ2v) is 6.09. The number of carbonyl (C=O) groups is 1. The number of hydrogen-bond donors (Lipinski definition) is 2. The molecule has 0 radical (unpaired) electrons. The second-order valence-electron chi connectivity index (χ2n) is 6.09. The molecule has 3 heteroatoms. The minimum atomic E-state index is 0.159. The highest BCUT2D eigenvalue weighted by atomic mass is 16.2. The standard InChI is InChI=1S/C15H20N2O/c1-15(2)7-13(11-5-3-4-6-12(11)15)17-14(18)10-8-16-9-10/h3-6,10,13,16H,7-9H2,1-2H3,(H,17,18). The Bertz CT molecular complexity index is 477. The zero-order valence-corrected chi connectivity index (χ0v) is 11.0. The van der Waals surface area contributed by atoms with Gasteiger partial charge < -0.3 is 10.6 Å². The number of hydrogen-bond acceptors (Lipinski definition) is 2. The Balaban J connectivity index is 1.80. The molecule has 0 aromatic heterocycles. The van der Waals surface area contributed by atoms with Gasteiger partial charge in [0.15, 0.2) is 0 Å². The number of benzene rings is 1. The lowest BCUT2D eigenvalue weighted by molar-refractivity contribution is -0.127. The topological polar surface area (TPSA) is 41.1 Å². The first-order chi connectivity index (χ1) is 8.58. The Labute approximate surface area is 108 Å². The van der Waals surface area contributed by atoms with Gasteiger partial charge in [0.1, 0.15) is 0 Å². The highest BCUT2D eigenvalue weighted by Crippen LogP contribution is 2.44. The molecule has 1 aliphatic heterocycles. The molecule has 1 saturated heterocycles. The van der Waals surface area contributed by atoms with E-state index in [1.54, 1.807) is 0 Å². The summed E-state index contributed by atoms with van der Waals surface area (Å²) in [5.41, 5.74) is 2.83. The van der Waals surface area contributed by atoms with E-state index in [-0.39, 0.29) is 23.3 Å². The predicted molar refractivity (Wildman–Crippen MR) is 71.3 cm³/mol. The van der Waals surface area contributed by atoms with Crippen LogP contribution in [0.15, 0.2) is 24.3 Å². The van der Waals surface area contributed by atoms with Crippen LogP contribution in [0.3, 0.4) is 0 Å². The highest BCUT2D eigenvalue weighted by molar-refractivity contribution is 5.80. The zero-order chi connectivity index (χ0) is 12.8. The summed E-state index contributed by atoms with van der Waals surface area (Å²) < 4.78 is 0. The highest BCUT2D eigenvalue weighted by Gasteiger charge is 2.38. The van der Waals surface area contributed by atoms with E-state index in [1.807, 2.05) is 0 Å². The third-order valence-electron chi connectivity index (χ3n) is 4.25. The van der Waals surface area contributed by atoms with Crippen molar-refractivity contribution in [2.24, 2.45) is 5.92 Å². The summed E-state index contributed by atoms with van der Waals surface area (Å²) in [5, 5.41) is 6.36. The van der Waals surface area contributed by atoms with Crippen molar-refractivity contribution in [1.82, 2.24) is 10.6 Å². The smallest absolute Gasteiger partial charge is 0.226 e. The van der Waals surface area contributed by atoms with Crippen molar-refractivity contribution in [1.29, 1.82) is 0 Å². The lowest BCUT2D eigenvalue weighted by Crippen LogP contribution is -2.51. The van der Waals surface area contributed by atoms with Gasteiger partial charge in [0, 0.05) is 13.1 Å². The van der Waals surface area contributed by atoms with Gasteiger partial charge in [-0.2, -0.15) is 0 Å². The SMILES string of the molecule is CC1(C)CC(NC(=O)C2CNC2)c2ccccc21. The van der Waals surface area contributed by atoms with Crippen molar-refractivity contribution in [3.8, 4) is 0 Å². The van der Waals surface area contributed by atoms with Gasteiger partial charge in [0.25, 0.3) is 0 Å². The molecule has 0 bridgehead atoms. The molecule has 18 heavy (non-hydrogen) atoms. The van der Waals surface area contributed by atoms with Crippen LogP contribution in [-0.2, 0) is 10.2 Å². The van der Waals surface area contributed by atoms with E-state index in [9.17, 15) is 4.79 Å². The van der Waals surface area contributed by atoms with Crippen LogP contribution in [0.1, 0.15) is 37.4 Å². The predicted octanol–water partition coefficient (Wildman–Crippen LogP) is 1.74. The van der Waals surface area contributed by atoms with Crippen molar-refractivity contribution in [3.63, 3.8) is 0 Å². The van der Waals surface area contributed by atoms with Gasteiger partial charge in [-0.15, -0.1) is 0 Å². The minimum Gasteiger partial charge on any atom is -0.349 e. The van der Waals surface area contributed by atoms with Crippen LogP contribution >= 0.6 is 0 Å². The van der Waals surface area contributed by atoms with Gasteiger partial charge >= 0.3 is 0 Å². The largest absolute Gasteiger partial charge is 0.349 e. The van der Waals surface area contributed by atoms with Gasteiger partial charge in [-0.1, -0.05) is 38.1 Å². The molecule has 1 unspecified atom stereocenters. The summed E-state index contributed by atoms with van der Waals surface area (Å²) >= 11 is 0. The summed E-state index contributed by atoms with van der Waals surface area (Å²) in [4.78, 5) is 12.1. The fourth-order valence-electron chi connectivity index (χ4n) is 3.04. The van der Waals surface area contributed by atoms with Crippen molar-refractivity contribution < 1.29 is 4.79 Å². The summed E-state index contributed by atoms with van der Waals surface area (Å²) in [6.07, 6.45) is 0.998. The average molecular weight is 244 g/mol. The molecule has 3 rings (SSSR count). The van der Waals surface area contributed by atoms with Gasteiger partial charge in [0.05, 0.1) is 12.0 Å². The van der Waals surface area contributed by atoms with E-state index in [2.05, 4.69) is 48.7 Å². The second kappa shape index (κ2) is 4.09. The third-order valence-corrected chi connectivity index (χ3v) is 4.25. The lowest BCUT2D eigenvalue weighted by Gasteiger charge is -2.28. The van der Waals surface area contributed by atoms with Crippen molar-refractivity contribution >= 4 is 5.91 Å². The Kier molecular flexibility index (Phi) is 2.67. The molecule has 1 fully saturated rings. The molecule has 0 saturated carbocycles. The molecule has 3 nitrogen and oxygen atoms in total. The summed E-state index contributed by atoms with van der Waals surface area (Å²) in [7, 11) is 0. The lowest BCUT2D eigenvalue weighted by atomic mass is 9.86. The Morgan fingerprint density at radius 2 is 2.06 bits per heavy atom. The van der Waals surface area contributed by atoms with E-state index >= 15 is 0 Å². The maximum atomic E-state index is 12.1. The number of rotatable bonds is 2. The molecule has 2 N–H and O–H groups in total. The molecule has 1 aromatic rings. The molecule has 1 aliphatic carbocycles. The molecule has 1 atom stereocenters. The zero-order valence-electron chi connectivity index (χ0n) is 11.0. The normalized spacial score (nSPS) is 25.3. The average Bonchev–Trinajstić information content (AvgIpc) is 2.49. The summed E-state index contributed by atoms with van der Waals surface area (Å²) in [6, 6.07) is 8.66. The molecule has 96 valence electrons. The molecule has 1 amide bonds. The molecule has 2 aliphatic rings. The first-order valence-electron chi connectivity index (χ1n) is 6.68. The van der Waals surface area contributed by atoms with E-state index in [0.29, 0.717) is 0 Å². The quantitative estimate of drug-likeness (QED) is 0.832. The Morgan fingerprint density at radius 1 is 1.33 bits per heavy atom. The number of nitrogens with one attached hydrogen (secondary N) is 2. The van der Waals surface area contributed by atoms with Crippen LogP contribution in [0.2, 0.25) is 0 Å². The van der Waals surface area contributed by atoms with Gasteiger partial charge in [-0.25, -0.2) is 0 Å². The van der Waals surface area contributed by atoms with Gasteiger partial charge in [0.2, 0.25) is 5.91 Å². The van der Waals surface area contributed by atoms with Crippen molar-refractivity contribution in [2.45, 2.75) is 31.7 Å². The molecule has 1 heterocycles. The van der Waals surface area contributed by atoms with Crippen LogP contribution < -0.4 is 10.6 Å². The molecule has 0 spiro atoms. The van der Waals surface area contributed by atoms with Crippen LogP contribution in [-0.4, -0.2) is 19.0 Å². The number of amides is 1. The minimum absolute atomic E-state index is 0.159. The monoisotopic (exact) mass is 244 g/mol. The van der Waals surface area contributed by atoms with Crippen LogP contribution in [0.5, 0.6) is 0 Å². The Hall–Kier alpha value is -1.35. The van der Waals surface area contributed by atoms with Crippen molar-refractivity contribution in [3.05, 3.63) is 35.4 Å². The van der Waals surface area contributed by atoms with Gasteiger partial charge in [-0.3, -0.25) is 4.79 Å². The van der Waals surface area contributed by atoms with E-state index < -0.39 is 0 Å². The van der Waals surface area contributed by atoms with Crippen LogP contribution in [0, 0.1) is 5.92 Å². The fraction of sp³-hybridized carbons (Fsp3) is 0.533. The number of carbonyl (C=O) groups excluding carboxylic acids is 1. The maximum Gasteiger partial charge on any atom is 0.226 e. The third kappa shape index (κ3) is 1.83. The maximum absolute atomic E-state index is 12.1. The molecule has 1 aromatic carbocycles. The van der Waals surface area contributed by atoms with E-state index in [1.165, 1.54) is 11.1 Å². The molecular weight excluding hydrogens is 224 g/mol. The van der Waals surface area contributed by atoms with Crippen LogP contribution in [0.4, 0.5) is 0 Å². The first kappa shape index (κ1) is 11.7. The summed E-state index contributed by atoms with van der Waals surface area (Å²) in [6.45, 7) is 6.15.